The van der Waals surface area contributed by atoms with Crippen molar-refractivity contribution in [3.63, 3.8) is 0 Å². The molecule has 1 saturated carbocycles. The van der Waals surface area contributed by atoms with Gasteiger partial charge in [0.1, 0.15) is 5.82 Å². The Morgan fingerprint density at radius 1 is 1.24 bits per heavy atom. The van der Waals surface area contributed by atoms with Crippen LogP contribution in [0.2, 0.25) is 0 Å². The van der Waals surface area contributed by atoms with Gasteiger partial charge in [0.2, 0.25) is 0 Å². The zero-order valence-corrected chi connectivity index (χ0v) is 13.6. The molecule has 118 valence electrons. The molecule has 0 bridgehead atoms. The molecule has 0 radical (unpaired) electrons. The monoisotopic (exact) mass is 291 g/mol. The minimum absolute atomic E-state index is 0.0755. The molecular formula is C19H30FN. The van der Waals surface area contributed by atoms with E-state index in [4.69, 9.17) is 0 Å². The van der Waals surface area contributed by atoms with Crippen LogP contribution in [0, 0.1) is 18.7 Å². The van der Waals surface area contributed by atoms with Crippen molar-refractivity contribution in [2.45, 2.75) is 71.3 Å². The average molecular weight is 291 g/mol. The van der Waals surface area contributed by atoms with Crippen LogP contribution >= 0.6 is 0 Å². The number of nitrogens with one attached hydrogen (secondary N) is 1. The van der Waals surface area contributed by atoms with E-state index in [-0.39, 0.29) is 5.82 Å². The molecule has 0 heterocycles. The third kappa shape index (κ3) is 5.10. The Bertz CT molecular complexity index is 424. The highest BCUT2D eigenvalue weighted by atomic mass is 19.1. The van der Waals surface area contributed by atoms with Crippen LogP contribution in [0.25, 0.3) is 0 Å². The molecule has 2 rings (SSSR count). The van der Waals surface area contributed by atoms with Crippen LogP contribution in [0.1, 0.15) is 75.5 Å². The summed E-state index contributed by atoms with van der Waals surface area (Å²) >= 11 is 0. The highest BCUT2D eigenvalue weighted by Gasteiger charge is 2.17. The highest BCUT2D eigenvalue weighted by Crippen LogP contribution is 2.30. The molecular weight excluding hydrogens is 261 g/mol. The molecule has 0 saturated heterocycles. The van der Waals surface area contributed by atoms with Gasteiger partial charge in [-0.2, -0.15) is 0 Å². The molecule has 0 aliphatic heterocycles. The van der Waals surface area contributed by atoms with Gasteiger partial charge in [0.25, 0.3) is 0 Å². The Labute approximate surface area is 129 Å². The van der Waals surface area contributed by atoms with E-state index < -0.39 is 0 Å². The van der Waals surface area contributed by atoms with Crippen molar-refractivity contribution in [3.8, 4) is 0 Å². The van der Waals surface area contributed by atoms with Gasteiger partial charge in [-0.25, -0.2) is 4.39 Å². The first-order valence-electron chi connectivity index (χ1n) is 8.70. The normalized spacial score (nSPS) is 17.9. The number of halogens is 1. The molecule has 1 atom stereocenters. The Balaban J connectivity index is 1.97. The second-order valence-electron chi connectivity index (χ2n) is 6.60. The molecule has 1 aliphatic carbocycles. The van der Waals surface area contributed by atoms with E-state index in [2.05, 4.69) is 18.3 Å². The number of hydrogen-bond acceptors (Lipinski definition) is 1. The smallest absolute Gasteiger partial charge is 0.126 e. The Morgan fingerprint density at radius 2 is 2.00 bits per heavy atom. The Kier molecular flexibility index (Phi) is 6.69. The number of benzene rings is 1. The van der Waals surface area contributed by atoms with Crippen LogP contribution in [-0.4, -0.2) is 6.54 Å². The lowest BCUT2D eigenvalue weighted by Crippen LogP contribution is -2.23. The summed E-state index contributed by atoms with van der Waals surface area (Å²) < 4.78 is 13.8. The number of aryl methyl sites for hydroxylation is 1. The first-order chi connectivity index (χ1) is 10.2. The molecule has 1 N–H and O–H groups in total. The highest BCUT2D eigenvalue weighted by molar-refractivity contribution is 5.25. The van der Waals surface area contributed by atoms with E-state index in [1.54, 1.807) is 6.07 Å². The molecule has 21 heavy (non-hydrogen) atoms. The van der Waals surface area contributed by atoms with Crippen LogP contribution in [0.3, 0.4) is 0 Å². The lowest BCUT2D eigenvalue weighted by Gasteiger charge is -2.25. The first-order valence-corrected chi connectivity index (χ1v) is 8.70. The van der Waals surface area contributed by atoms with Gasteiger partial charge in [-0.3, -0.25) is 0 Å². The topological polar surface area (TPSA) is 12.0 Å². The van der Waals surface area contributed by atoms with Crippen molar-refractivity contribution in [2.24, 2.45) is 5.92 Å². The van der Waals surface area contributed by atoms with Gasteiger partial charge in [0, 0.05) is 6.04 Å². The molecule has 0 aromatic heterocycles. The standard InChI is InChI=1S/C19H30FN/c1-3-13-21-19(12-10-16-7-5-4-6-8-16)17-11-9-15(2)18(20)14-17/h9,11,14,16,19,21H,3-8,10,12-13H2,1-2H3. The quantitative estimate of drug-likeness (QED) is 0.696. The third-order valence-corrected chi connectivity index (χ3v) is 4.83. The summed E-state index contributed by atoms with van der Waals surface area (Å²) in [6.45, 7) is 5.02. The van der Waals surface area contributed by atoms with Crippen molar-refractivity contribution in [1.82, 2.24) is 5.32 Å². The molecule has 2 heteroatoms. The fourth-order valence-corrected chi connectivity index (χ4v) is 3.41. The number of hydrogen-bond donors (Lipinski definition) is 1. The maximum absolute atomic E-state index is 13.8. The maximum Gasteiger partial charge on any atom is 0.126 e. The Hall–Kier alpha value is -0.890. The van der Waals surface area contributed by atoms with Crippen molar-refractivity contribution in [3.05, 3.63) is 35.1 Å². The molecule has 0 amide bonds. The van der Waals surface area contributed by atoms with Crippen molar-refractivity contribution in [1.29, 1.82) is 0 Å². The SMILES string of the molecule is CCCNC(CCC1CCCCC1)c1ccc(C)c(F)c1. The first kappa shape index (κ1) is 16.5. The zero-order valence-electron chi connectivity index (χ0n) is 13.6. The van der Waals surface area contributed by atoms with Gasteiger partial charge < -0.3 is 5.32 Å². The average Bonchev–Trinajstić information content (AvgIpc) is 2.51. The summed E-state index contributed by atoms with van der Waals surface area (Å²) in [4.78, 5) is 0. The van der Waals surface area contributed by atoms with E-state index >= 15 is 0 Å². The molecule has 1 fully saturated rings. The second-order valence-corrected chi connectivity index (χ2v) is 6.60. The van der Waals surface area contributed by atoms with Crippen LogP contribution in [0.15, 0.2) is 18.2 Å². The largest absolute Gasteiger partial charge is 0.310 e. The molecule has 1 unspecified atom stereocenters. The predicted octanol–water partition coefficient (Wildman–Crippen LogP) is 5.54. The lowest BCUT2D eigenvalue weighted by molar-refractivity contribution is 0.314. The van der Waals surface area contributed by atoms with E-state index in [9.17, 15) is 4.39 Å². The minimum Gasteiger partial charge on any atom is -0.310 e. The van der Waals surface area contributed by atoms with Gasteiger partial charge in [0.05, 0.1) is 0 Å². The minimum atomic E-state index is -0.0755. The lowest BCUT2D eigenvalue weighted by atomic mass is 9.84. The van der Waals surface area contributed by atoms with Gasteiger partial charge in [-0.05, 0) is 55.8 Å². The van der Waals surface area contributed by atoms with Crippen LogP contribution in [-0.2, 0) is 0 Å². The summed E-state index contributed by atoms with van der Waals surface area (Å²) in [7, 11) is 0. The van der Waals surface area contributed by atoms with Crippen LogP contribution in [0.5, 0.6) is 0 Å². The summed E-state index contributed by atoms with van der Waals surface area (Å²) in [5, 5.41) is 3.61. The second kappa shape index (κ2) is 8.53. The fraction of sp³-hybridized carbons (Fsp3) is 0.684. The van der Waals surface area contributed by atoms with Crippen molar-refractivity contribution >= 4 is 0 Å². The third-order valence-electron chi connectivity index (χ3n) is 4.83. The van der Waals surface area contributed by atoms with E-state index in [1.165, 1.54) is 38.5 Å². The predicted molar refractivity (Wildman–Crippen MR) is 88.0 cm³/mol. The maximum atomic E-state index is 13.8. The summed E-state index contributed by atoms with van der Waals surface area (Å²) in [6.07, 6.45) is 10.5. The van der Waals surface area contributed by atoms with Gasteiger partial charge in [0.15, 0.2) is 0 Å². The molecule has 1 aromatic carbocycles. The van der Waals surface area contributed by atoms with Gasteiger partial charge >= 0.3 is 0 Å². The molecule has 0 spiro atoms. The van der Waals surface area contributed by atoms with Gasteiger partial charge in [-0.1, -0.05) is 51.2 Å². The van der Waals surface area contributed by atoms with Crippen LogP contribution < -0.4 is 5.32 Å². The molecule has 1 nitrogen and oxygen atoms in total. The van der Waals surface area contributed by atoms with E-state index in [0.29, 0.717) is 6.04 Å². The van der Waals surface area contributed by atoms with E-state index in [0.717, 1.165) is 36.4 Å². The molecule has 1 aromatic rings. The summed E-state index contributed by atoms with van der Waals surface area (Å²) in [6, 6.07) is 6.03. The number of rotatable bonds is 7. The van der Waals surface area contributed by atoms with Gasteiger partial charge in [-0.15, -0.1) is 0 Å². The van der Waals surface area contributed by atoms with Crippen molar-refractivity contribution in [2.75, 3.05) is 6.54 Å². The van der Waals surface area contributed by atoms with E-state index in [1.807, 2.05) is 13.0 Å². The summed E-state index contributed by atoms with van der Waals surface area (Å²) in [5.41, 5.74) is 1.85. The zero-order chi connectivity index (χ0) is 15.1. The molecule has 1 aliphatic rings. The van der Waals surface area contributed by atoms with Crippen molar-refractivity contribution < 1.29 is 4.39 Å². The fourth-order valence-electron chi connectivity index (χ4n) is 3.41. The Morgan fingerprint density at radius 3 is 2.67 bits per heavy atom. The van der Waals surface area contributed by atoms with Crippen LogP contribution in [0.4, 0.5) is 4.39 Å². The summed E-state index contributed by atoms with van der Waals surface area (Å²) in [5.74, 6) is 0.813.